The molecular formula is C27H30N2O6S. The van der Waals surface area contributed by atoms with Crippen LogP contribution in [0.4, 0.5) is 4.79 Å². The fourth-order valence-electron chi connectivity index (χ4n) is 4.01. The van der Waals surface area contributed by atoms with Gasteiger partial charge in [0.25, 0.3) is 11.1 Å². The number of imide groups is 1. The maximum atomic E-state index is 12.8. The third-order valence-electron chi connectivity index (χ3n) is 5.99. The molecule has 36 heavy (non-hydrogen) atoms. The first-order chi connectivity index (χ1) is 17.4. The minimum atomic E-state index is -0.456. The van der Waals surface area contributed by atoms with E-state index in [1.807, 2.05) is 31.2 Å². The van der Waals surface area contributed by atoms with Crippen LogP contribution in [0.25, 0.3) is 6.08 Å². The van der Waals surface area contributed by atoms with Crippen LogP contribution in [-0.4, -0.2) is 66.8 Å². The van der Waals surface area contributed by atoms with Gasteiger partial charge in [-0.25, -0.2) is 0 Å². The first-order valence-electron chi connectivity index (χ1n) is 12.0. The molecule has 0 saturated carbocycles. The second kappa shape index (κ2) is 12.0. The van der Waals surface area contributed by atoms with Crippen LogP contribution in [0.15, 0.2) is 47.4 Å². The van der Waals surface area contributed by atoms with E-state index in [1.54, 1.807) is 29.2 Å². The minimum Gasteiger partial charge on any atom is -0.493 e. The fraction of sp³-hybridized carbons (Fsp3) is 0.370. The SMILES string of the molecule is COc1cc(/C=C2\SC(=O)N(CC(=O)N3CCCCC3)C2=O)ccc1OCCOc1ccc(C)cc1. The molecule has 0 aliphatic carbocycles. The average Bonchev–Trinajstić information content (AvgIpc) is 3.15. The van der Waals surface area contributed by atoms with Crippen molar-refractivity contribution >= 4 is 34.9 Å². The number of ether oxygens (including phenoxy) is 3. The molecule has 8 nitrogen and oxygen atoms in total. The van der Waals surface area contributed by atoms with Crippen LogP contribution in [0.3, 0.4) is 0 Å². The molecule has 0 radical (unpaired) electrons. The molecule has 2 fully saturated rings. The van der Waals surface area contributed by atoms with Gasteiger partial charge in [0.15, 0.2) is 11.5 Å². The molecule has 0 aromatic heterocycles. The second-order valence-corrected chi connectivity index (χ2v) is 9.62. The summed E-state index contributed by atoms with van der Waals surface area (Å²) in [6, 6.07) is 13.1. The van der Waals surface area contributed by atoms with Gasteiger partial charge >= 0.3 is 0 Å². The predicted octanol–water partition coefficient (Wildman–Crippen LogP) is 4.51. The molecule has 0 bridgehead atoms. The van der Waals surface area contributed by atoms with Gasteiger partial charge in [-0.2, -0.15) is 0 Å². The highest BCUT2D eigenvalue weighted by Crippen LogP contribution is 2.34. The quantitative estimate of drug-likeness (QED) is 0.362. The molecule has 190 valence electrons. The van der Waals surface area contributed by atoms with Crippen LogP contribution < -0.4 is 14.2 Å². The van der Waals surface area contributed by atoms with Crippen molar-refractivity contribution in [3.63, 3.8) is 0 Å². The highest BCUT2D eigenvalue weighted by Gasteiger charge is 2.37. The first kappa shape index (κ1) is 25.6. The second-order valence-electron chi connectivity index (χ2n) is 8.63. The lowest BCUT2D eigenvalue weighted by atomic mass is 10.1. The van der Waals surface area contributed by atoms with Crippen molar-refractivity contribution in [2.45, 2.75) is 26.2 Å². The van der Waals surface area contributed by atoms with Crippen molar-refractivity contribution in [3.8, 4) is 17.2 Å². The van der Waals surface area contributed by atoms with Crippen molar-refractivity contribution in [1.29, 1.82) is 0 Å². The molecule has 2 aromatic rings. The lowest BCUT2D eigenvalue weighted by Gasteiger charge is -2.27. The van der Waals surface area contributed by atoms with Gasteiger partial charge in [-0.05, 0) is 73.9 Å². The van der Waals surface area contributed by atoms with Crippen molar-refractivity contribution in [2.75, 3.05) is 40.0 Å². The Hall–Kier alpha value is -3.46. The number of benzene rings is 2. The van der Waals surface area contributed by atoms with Crippen LogP contribution in [0.5, 0.6) is 17.2 Å². The van der Waals surface area contributed by atoms with Gasteiger partial charge < -0.3 is 19.1 Å². The van der Waals surface area contributed by atoms with E-state index in [1.165, 1.54) is 12.7 Å². The third kappa shape index (κ3) is 6.40. The molecule has 2 heterocycles. The molecular weight excluding hydrogens is 480 g/mol. The van der Waals surface area contributed by atoms with Gasteiger partial charge in [0.1, 0.15) is 25.5 Å². The highest BCUT2D eigenvalue weighted by atomic mass is 32.2. The van der Waals surface area contributed by atoms with Crippen LogP contribution in [0.2, 0.25) is 0 Å². The Morgan fingerprint density at radius 3 is 2.42 bits per heavy atom. The Labute approximate surface area is 215 Å². The third-order valence-corrected chi connectivity index (χ3v) is 6.90. The number of rotatable bonds is 9. The number of nitrogens with zero attached hydrogens (tertiary/aromatic N) is 2. The van der Waals surface area contributed by atoms with Crippen LogP contribution in [0, 0.1) is 6.92 Å². The molecule has 2 saturated heterocycles. The largest absolute Gasteiger partial charge is 0.493 e. The first-order valence-corrected chi connectivity index (χ1v) is 12.8. The van der Waals surface area contributed by atoms with Crippen molar-refractivity contribution in [3.05, 3.63) is 58.5 Å². The smallest absolute Gasteiger partial charge is 0.294 e. The summed E-state index contributed by atoms with van der Waals surface area (Å²) in [7, 11) is 1.54. The molecule has 0 atom stereocenters. The van der Waals surface area contributed by atoms with E-state index in [0.717, 1.165) is 41.7 Å². The maximum absolute atomic E-state index is 12.8. The number of thioether (sulfide) groups is 1. The molecule has 3 amide bonds. The number of hydrogen-bond acceptors (Lipinski definition) is 7. The molecule has 4 rings (SSSR count). The predicted molar refractivity (Wildman–Crippen MR) is 138 cm³/mol. The summed E-state index contributed by atoms with van der Waals surface area (Å²) in [4.78, 5) is 40.9. The number of carbonyl (C=O) groups excluding carboxylic acids is 3. The Morgan fingerprint density at radius 2 is 1.69 bits per heavy atom. The summed E-state index contributed by atoms with van der Waals surface area (Å²) in [6.45, 7) is 3.85. The summed E-state index contributed by atoms with van der Waals surface area (Å²) in [5.41, 5.74) is 1.85. The van der Waals surface area contributed by atoms with Crippen molar-refractivity contribution in [2.24, 2.45) is 0 Å². The van der Waals surface area contributed by atoms with Crippen molar-refractivity contribution < 1.29 is 28.6 Å². The van der Waals surface area contributed by atoms with Gasteiger partial charge in [0.2, 0.25) is 5.91 Å². The minimum absolute atomic E-state index is 0.187. The molecule has 2 aliphatic rings. The van der Waals surface area contributed by atoms with E-state index >= 15 is 0 Å². The molecule has 0 unspecified atom stereocenters. The summed E-state index contributed by atoms with van der Waals surface area (Å²) < 4.78 is 16.9. The van der Waals surface area contributed by atoms with Crippen molar-refractivity contribution in [1.82, 2.24) is 9.80 Å². The Bertz CT molecular complexity index is 1140. The van der Waals surface area contributed by atoms with E-state index in [-0.39, 0.29) is 17.4 Å². The van der Waals surface area contributed by atoms with E-state index in [2.05, 4.69) is 0 Å². The number of aryl methyl sites for hydroxylation is 1. The van der Waals surface area contributed by atoms with Crippen LogP contribution in [0.1, 0.15) is 30.4 Å². The zero-order valence-electron chi connectivity index (χ0n) is 20.5. The Morgan fingerprint density at radius 1 is 0.972 bits per heavy atom. The fourth-order valence-corrected chi connectivity index (χ4v) is 4.84. The number of hydrogen-bond donors (Lipinski definition) is 0. The lowest BCUT2D eigenvalue weighted by molar-refractivity contribution is -0.136. The zero-order chi connectivity index (χ0) is 25.5. The van der Waals surface area contributed by atoms with Crippen LogP contribution in [-0.2, 0) is 9.59 Å². The van der Waals surface area contributed by atoms with E-state index in [9.17, 15) is 14.4 Å². The number of likely N-dealkylation sites (tertiary alicyclic amines) is 1. The van der Waals surface area contributed by atoms with Gasteiger partial charge in [-0.1, -0.05) is 23.8 Å². The molecule has 0 spiro atoms. The summed E-state index contributed by atoms with van der Waals surface area (Å²) in [6.07, 6.45) is 4.63. The van der Waals surface area contributed by atoms with E-state index < -0.39 is 11.1 Å². The topological polar surface area (TPSA) is 85.4 Å². The molecule has 9 heteroatoms. The normalized spacial score (nSPS) is 17.0. The number of methoxy groups -OCH3 is 1. The standard InChI is InChI=1S/C27H30N2O6S/c1-19-6-9-21(10-7-19)34-14-15-35-22-11-8-20(16-23(22)33-2)17-24-26(31)29(27(32)36-24)18-25(30)28-12-4-3-5-13-28/h6-11,16-17H,3-5,12-15,18H2,1-2H3/b24-17-. The summed E-state index contributed by atoms with van der Waals surface area (Å²) in [5.74, 6) is 1.18. The Balaban J connectivity index is 1.35. The Kier molecular flexibility index (Phi) is 8.53. The van der Waals surface area contributed by atoms with Gasteiger partial charge in [-0.3, -0.25) is 19.3 Å². The number of amides is 3. The van der Waals surface area contributed by atoms with Gasteiger partial charge in [0, 0.05) is 13.1 Å². The highest BCUT2D eigenvalue weighted by molar-refractivity contribution is 8.18. The number of carbonyl (C=O) groups is 3. The molecule has 0 N–H and O–H groups in total. The zero-order valence-corrected chi connectivity index (χ0v) is 21.3. The maximum Gasteiger partial charge on any atom is 0.294 e. The van der Waals surface area contributed by atoms with E-state index in [0.29, 0.717) is 43.4 Å². The monoisotopic (exact) mass is 510 g/mol. The summed E-state index contributed by atoms with van der Waals surface area (Å²) >= 11 is 0.838. The molecule has 2 aliphatic heterocycles. The average molecular weight is 511 g/mol. The van der Waals surface area contributed by atoms with E-state index in [4.69, 9.17) is 14.2 Å². The lowest BCUT2D eigenvalue weighted by Crippen LogP contribution is -2.44. The van der Waals surface area contributed by atoms with Gasteiger partial charge in [0.05, 0.1) is 12.0 Å². The summed E-state index contributed by atoms with van der Waals surface area (Å²) in [5, 5.41) is -0.433. The van der Waals surface area contributed by atoms with Gasteiger partial charge in [-0.15, -0.1) is 0 Å². The molecule has 2 aromatic carbocycles. The van der Waals surface area contributed by atoms with Crippen LogP contribution >= 0.6 is 11.8 Å². The number of piperidine rings is 1.